The molecule has 0 unspecified atom stereocenters. The maximum Gasteiger partial charge on any atom is 0.278 e. The molecule has 1 amide bonds. The number of pyridine rings is 1. The first-order valence-corrected chi connectivity index (χ1v) is 14.7. The van der Waals surface area contributed by atoms with Gasteiger partial charge in [0.05, 0.1) is 6.54 Å². The lowest BCUT2D eigenvalue weighted by Gasteiger charge is -2.35. The molecule has 0 bridgehead atoms. The van der Waals surface area contributed by atoms with Crippen LogP contribution in [0.25, 0.3) is 16.9 Å². The summed E-state index contributed by atoms with van der Waals surface area (Å²) in [5, 5.41) is 3.66. The van der Waals surface area contributed by atoms with Gasteiger partial charge >= 0.3 is 0 Å². The zero-order chi connectivity index (χ0) is 30.1. The molecule has 1 saturated heterocycles. The Morgan fingerprint density at radius 2 is 1.91 bits per heavy atom. The highest BCUT2D eigenvalue weighted by atomic mass is 16.5. The van der Waals surface area contributed by atoms with E-state index in [0.29, 0.717) is 40.9 Å². The van der Waals surface area contributed by atoms with Crippen LogP contribution in [0.2, 0.25) is 0 Å². The van der Waals surface area contributed by atoms with Gasteiger partial charge in [0.15, 0.2) is 29.6 Å². The van der Waals surface area contributed by atoms with Crippen LogP contribution in [-0.4, -0.2) is 81.5 Å². The molecule has 0 atom stereocenters. The van der Waals surface area contributed by atoms with Crippen molar-refractivity contribution in [1.29, 1.82) is 0 Å². The number of ether oxygens (including phenoxy) is 1. The van der Waals surface area contributed by atoms with Crippen molar-refractivity contribution in [2.45, 2.75) is 33.2 Å². The largest absolute Gasteiger partial charge is 0.480 e. The Bertz CT molecular complexity index is 1740. The molecule has 1 aromatic carbocycles. The number of nitrogens with one attached hydrogen (secondary N) is 1. The van der Waals surface area contributed by atoms with E-state index in [2.05, 4.69) is 59.7 Å². The number of amides is 1. The number of piperazine rings is 1. The summed E-state index contributed by atoms with van der Waals surface area (Å²) in [6.45, 7) is 12.8. The maximum absolute atomic E-state index is 13.5. The number of hydrogen-bond donors (Lipinski definition) is 1. The second-order valence-corrected chi connectivity index (χ2v) is 11.0. The number of anilines is 4. The highest BCUT2D eigenvalue weighted by molar-refractivity contribution is 5.96. The summed E-state index contributed by atoms with van der Waals surface area (Å²) in [6.07, 6.45) is 4.95. The summed E-state index contributed by atoms with van der Waals surface area (Å²) < 4.78 is 8.84. The molecular formula is C31H37N9O3. The predicted molar refractivity (Wildman–Crippen MR) is 168 cm³/mol. The third-order valence-electron chi connectivity index (χ3n) is 7.96. The number of fused-ring (bicyclic) bond motifs is 2. The Morgan fingerprint density at radius 1 is 1.09 bits per heavy atom. The molecule has 2 aliphatic rings. The quantitative estimate of drug-likeness (QED) is 0.296. The van der Waals surface area contributed by atoms with Gasteiger partial charge < -0.3 is 19.9 Å². The predicted octanol–water partition coefficient (Wildman–Crippen LogP) is 3.49. The second-order valence-electron chi connectivity index (χ2n) is 11.0. The number of aromatic nitrogens is 5. The first-order chi connectivity index (χ1) is 20.9. The number of benzene rings is 1. The van der Waals surface area contributed by atoms with Crippen molar-refractivity contribution in [3.8, 4) is 11.6 Å². The number of nitrogens with zero attached hydrogens (tertiary/aromatic N) is 8. The summed E-state index contributed by atoms with van der Waals surface area (Å²) in [5.41, 5.74) is 3.36. The first kappa shape index (κ1) is 28.4. The van der Waals surface area contributed by atoms with E-state index in [-0.39, 0.29) is 24.6 Å². The van der Waals surface area contributed by atoms with Crippen molar-refractivity contribution >= 4 is 40.1 Å². The Kier molecular flexibility index (Phi) is 7.85. The molecule has 4 aromatic rings. The molecule has 5 heterocycles. The molecule has 0 aliphatic carbocycles. The second kappa shape index (κ2) is 11.9. The molecule has 1 fully saturated rings. The van der Waals surface area contributed by atoms with Gasteiger partial charge in [0.1, 0.15) is 5.39 Å². The van der Waals surface area contributed by atoms with Crippen molar-refractivity contribution < 1.29 is 9.53 Å². The lowest BCUT2D eigenvalue weighted by Crippen LogP contribution is -2.44. The van der Waals surface area contributed by atoms with Gasteiger partial charge in [-0.25, -0.2) is 19.3 Å². The lowest BCUT2D eigenvalue weighted by molar-refractivity contribution is -0.121. The van der Waals surface area contributed by atoms with E-state index in [9.17, 15) is 9.59 Å². The summed E-state index contributed by atoms with van der Waals surface area (Å²) in [7, 11) is 2.15. The molecule has 0 spiro atoms. The smallest absolute Gasteiger partial charge is 0.278 e. The topological polar surface area (TPSA) is 114 Å². The van der Waals surface area contributed by atoms with Crippen molar-refractivity contribution in [3.05, 3.63) is 65.1 Å². The number of unbranched alkanes of at least 4 members (excludes halogenated alkanes) is 1. The zero-order valence-electron chi connectivity index (χ0n) is 24.9. The van der Waals surface area contributed by atoms with Gasteiger partial charge in [-0.05, 0) is 56.3 Å². The van der Waals surface area contributed by atoms with E-state index in [0.717, 1.165) is 50.3 Å². The van der Waals surface area contributed by atoms with Crippen LogP contribution in [0.1, 0.15) is 25.3 Å². The third kappa shape index (κ3) is 5.45. The summed E-state index contributed by atoms with van der Waals surface area (Å²) in [4.78, 5) is 46.6. The van der Waals surface area contributed by atoms with E-state index >= 15 is 0 Å². The van der Waals surface area contributed by atoms with Crippen molar-refractivity contribution in [2.75, 3.05) is 61.5 Å². The molecule has 12 heteroatoms. The molecule has 3 aromatic heterocycles. The molecular weight excluding hydrogens is 546 g/mol. The first-order valence-electron chi connectivity index (χ1n) is 14.7. The standard InChI is InChI=1S/C31H37N9O3/c1-5-7-13-38-27(41)20-43-25-10-11-26(34-29(25)38)40-28-23(30(42)39(40)12-6-2)19-32-31(35-28)33-22-8-9-24(21(3)18-22)37-16-14-36(4)15-17-37/h6,8-11,18-19H,2,5,7,12-17,20H2,1,3-4H3,(H,32,33,35). The van der Waals surface area contributed by atoms with E-state index in [1.54, 1.807) is 27.8 Å². The van der Waals surface area contributed by atoms with E-state index in [1.165, 1.54) is 16.6 Å². The fraction of sp³-hybridized carbons (Fsp3) is 0.387. The van der Waals surface area contributed by atoms with Crippen LogP contribution < -0.4 is 25.4 Å². The van der Waals surface area contributed by atoms with Crippen molar-refractivity contribution in [1.82, 2.24) is 29.2 Å². The molecule has 224 valence electrons. The summed E-state index contributed by atoms with van der Waals surface area (Å²) in [6, 6.07) is 9.79. The fourth-order valence-electron chi connectivity index (χ4n) is 5.61. The van der Waals surface area contributed by atoms with Crippen LogP contribution in [0.15, 0.2) is 54.0 Å². The number of carbonyl (C=O) groups excluding carboxylic acids is 1. The molecule has 1 N–H and O–H groups in total. The highest BCUT2D eigenvalue weighted by Crippen LogP contribution is 2.32. The van der Waals surface area contributed by atoms with E-state index in [4.69, 9.17) is 14.7 Å². The Morgan fingerprint density at radius 3 is 2.65 bits per heavy atom. The minimum absolute atomic E-state index is 0.0244. The summed E-state index contributed by atoms with van der Waals surface area (Å²) in [5.74, 6) is 1.61. The molecule has 0 radical (unpaired) electrons. The minimum atomic E-state index is -0.261. The van der Waals surface area contributed by atoms with Crippen LogP contribution >= 0.6 is 0 Å². The lowest BCUT2D eigenvalue weighted by atomic mass is 10.1. The molecule has 12 nitrogen and oxygen atoms in total. The van der Waals surface area contributed by atoms with Crippen LogP contribution in [-0.2, 0) is 11.3 Å². The molecule has 6 rings (SSSR count). The van der Waals surface area contributed by atoms with E-state index in [1.807, 2.05) is 6.07 Å². The SMILES string of the molecule is C=CCn1c(=O)c2cnc(Nc3ccc(N4CCN(C)CC4)c(C)c3)nc2n1-c1ccc2c(n1)N(CCCC)C(=O)CO2. The Labute approximate surface area is 250 Å². The third-order valence-corrected chi connectivity index (χ3v) is 7.96. The number of hydrogen-bond acceptors (Lipinski definition) is 9. The van der Waals surface area contributed by atoms with Gasteiger partial charge in [-0.2, -0.15) is 4.98 Å². The molecule has 0 saturated carbocycles. The van der Waals surface area contributed by atoms with Crippen LogP contribution in [0.3, 0.4) is 0 Å². The number of rotatable bonds is 9. The Balaban J connectivity index is 1.37. The normalized spacial score (nSPS) is 15.5. The van der Waals surface area contributed by atoms with Gasteiger partial charge in [-0.3, -0.25) is 14.5 Å². The zero-order valence-corrected chi connectivity index (χ0v) is 24.9. The van der Waals surface area contributed by atoms with Gasteiger partial charge in [0.2, 0.25) is 5.95 Å². The number of likely N-dealkylation sites (N-methyl/N-ethyl adjacent to an activating group) is 1. The van der Waals surface area contributed by atoms with E-state index < -0.39 is 0 Å². The van der Waals surface area contributed by atoms with Crippen LogP contribution in [0.5, 0.6) is 5.75 Å². The average molecular weight is 584 g/mol. The average Bonchev–Trinajstić information content (AvgIpc) is 3.27. The van der Waals surface area contributed by atoms with Gasteiger partial charge in [0, 0.05) is 50.3 Å². The van der Waals surface area contributed by atoms with Crippen LogP contribution in [0.4, 0.5) is 23.1 Å². The number of carbonyl (C=O) groups is 1. The monoisotopic (exact) mass is 583 g/mol. The molecule has 43 heavy (non-hydrogen) atoms. The summed E-state index contributed by atoms with van der Waals surface area (Å²) >= 11 is 0. The minimum Gasteiger partial charge on any atom is -0.480 e. The highest BCUT2D eigenvalue weighted by Gasteiger charge is 2.28. The fourth-order valence-corrected chi connectivity index (χ4v) is 5.61. The number of aryl methyl sites for hydroxylation is 1. The van der Waals surface area contributed by atoms with Crippen molar-refractivity contribution in [2.24, 2.45) is 0 Å². The van der Waals surface area contributed by atoms with Crippen LogP contribution in [0, 0.1) is 6.92 Å². The molecule has 2 aliphatic heterocycles. The van der Waals surface area contributed by atoms with Gasteiger partial charge in [-0.1, -0.05) is 19.4 Å². The van der Waals surface area contributed by atoms with Crippen molar-refractivity contribution in [3.63, 3.8) is 0 Å². The maximum atomic E-state index is 13.5. The van der Waals surface area contributed by atoms with Gasteiger partial charge in [-0.15, -0.1) is 6.58 Å². The Hall–Kier alpha value is -4.71. The number of allylic oxidation sites excluding steroid dienone is 1. The van der Waals surface area contributed by atoms with Gasteiger partial charge in [0.25, 0.3) is 11.5 Å².